The Morgan fingerprint density at radius 1 is 1.04 bits per heavy atom. The molecule has 6 heteroatoms. The number of carbonyl (C=O) groups excluding carboxylic acids is 2. The second kappa shape index (κ2) is 10.4. The molecule has 0 aliphatic carbocycles. The topological polar surface area (TPSA) is 58.6 Å². The van der Waals surface area contributed by atoms with Crippen LogP contribution in [0.4, 0.5) is 4.39 Å². The number of amides is 2. The maximum atomic E-state index is 13.0. The van der Waals surface area contributed by atoms with Crippen molar-refractivity contribution in [1.29, 1.82) is 0 Å². The minimum atomic E-state index is -0.629. The van der Waals surface area contributed by atoms with E-state index in [1.165, 1.54) is 29.2 Å². The first-order chi connectivity index (χ1) is 13.4. The van der Waals surface area contributed by atoms with Crippen LogP contribution in [0.3, 0.4) is 0 Å². The lowest BCUT2D eigenvalue weighted by molar-refractivity contribution is -0.141. The van der Waals surface area contributed by atoms with E-state index >= 15 is 0 Å². The second-order valence-electron chi connectivity index (χ2n) is 6.90. The zero-order chi connectivity index (χ0) is 20.5. The number of nitrogens with zero attached hydrogens (tertiary/aromatic N) is 1. The molecule has 2 aromatic rings. The number of hydrogen-bond donors (Lipinski definition) is 1. The van der Waals surface area contributed by atoms with E-state index in [-0.39, 0.29) is 30.3 Å². The van der Waals surface area contributed by atoms with Gasteiger partial charge < -0.3 is 15.0 Å². The van der Waals surface area contributed by atoms with Crippen LogP contribution >= 0.6 is 0 Å². The van der Waals surface area contributed by atoms with Crippen LogP contribution in [0.25, 0.3) is 0 Å². The number of halogens is 1. The quantitative estimate of drug-likeness (QED) is 0.720. The summed E-state index contributed by atoms with van der Waals surface area (Å²) in [5.74, 6) is -0.482. The van der Waals surface area contributed by atoms with E-state index in [1.807, 2.05) is 44.2 Å². The van der Waals surface area contributed by atoms with Gasteiger partial charge >= 0.3 is 0 Å². The molecule has 0 aliphatic rings. The normalized spacial score (nSPS) is 11.8. The highest BCUT2D eigenvalue weighted by Crippen LogP contribution is 2.12. The molecular weight excluding hydrogens is 359 g/mol. The largest absolute Gasteiger partial charge is 0.484 e. The molecular formula is C22H27FN2O3. The van der Waals surface area contributed by atoms with Crippen LogP contribution in [-0.2, 0) is 16.0 Å². The summed E-state index contributed by atoms with van der Waals surface area (Å²) >= 11 is 0. The maximum Gasteiger partial charge on any atom is 0.261 e. The van der Waals surface area contributed by atoms with Gasteiger partial charge in [-0.25, -0.2) is 4.39 Å². The van der Waals surface area contributed by atoms with Gasteiger partial charge in [0.2, 0.25) is 5.91 Å². The second-order valence-corrected chi connectivity index (χ2v) is 6.90. The average Bonchev–Trinajstić information content (AvgIpc) is 2.67. The van der Waals surface area contributed by atoms with Crippen molar-refractivity contribution in [2.75, 3.05) is 13.2 Å². The minimum Gasteiger partial charge on any atom is -0.484 e. The van der Waals surface area contributed by atoms with Crippen LogP contribution in [0, 0.1) is 5.82 Å². The van der Waals surface area contributed by atoms with Gasteiger partial charge in [-0.1, -0.05) is 30.3 Å². The van der Waals surface area contributed by atoms with E-state index in [9.17, 15) is 14.0 Å². The molecule has 0 radical (unpaired) electrons. The van der Waals surface area contributed by atoms with Gasteiger partial charge in [0.15, 0.2) is 6.61 Å². The SMILES string of the molecule is CC(C)NC(=O)C(C)N(CCc1ccccc1)C(=O)COc1ccc(F)cc1. The Kier molecular flexibility index (Phi) is 7.99. The maximum absolute atomic E-state index is 13.0. The molecule has 1 N–H and O–H groups in total. The van der Waals surface area contributed by atoms with Crippen molar-refractivity contribution in [3.8, 4) is 5.75 Å². The Morgan fingerprint density at radius 2 is 1.68 bits per heavy atom. The standard InChI is InChI=1S/C22H27FN2O3/c1-16(2)24-22(27)17(3)25(14-13-18-7-5-4-6-8-18)21(26)15-28-20-11-9-19(23)10-12-20/h4-12,16-17H,13-15H2,1-3H3,(H,24,27). The zero-order valence-corrected chi connectivity index (χ0v) is 16.5. The van der Waals surface area contributed by atoms with Crippen molar-refractivity contribution in [1.82, 2.24) is 10.2 Å². The Hall–Kier alpha value is -2.89. The zero-order valence-electron chi connectivity index (χ0n) is 16.5. The summed E-state index contributed by atoms with van der Waals surface area (Å²) in [7, 11) is 0. The number of carbonyl (C=O) groups is 2. The van der Waals surface area contributed by atoms with Crippen molar-refractivity contribution >= 4 is 11.8 Å². The highest BCUT2D eigenvalue weighted by atomic mass is 19.1. The summed E-state index contributed by atoms with van der Waals surface area (Å²) in [5.41, 5.74) is 1.08. The highest BCUT2D eigenvalue weighted by Gasteiger charge is 2.26. The lowest BCUT2D eigenvalue weighted by Crippen LogP contribution is -2.51. The van der Waals surface area contributed by atoms with E-state index in [2.05, 4.69) is 5.32 Å². The Labute approximate surface area is 165 Å². The molecule has 0 spiro atoms. The predicted octanol–water partition coefficient (Wildman–Crippen LogP) is 3.19. The van der Waals surface area contributed by atoms with Crippen molar-refractivity contribution in [3.05, 3.63) is 66.0 Å². The van der Waals surface area contributed by atoms with E-state index in [0.29, 0.717) is 18.7 Å². The third-order valence-electron chi connectivity index (χ3n) is 4.26. The molecule has 0 aromatic heterocycles. The lowest BCUT2D eigenvalue weighted by Gasteiger charge is -2.29. The van der Waals surface area contributed by atoms with E-state index in [4.69, 9.17) is 4.74 Å². The summed E-state index contributed by atoms with van der Waals surface area (Å²) in [4.78, 5) is 26.7. The third-order valence-corrected chi connectivity index (χ3v) is 4.26. The van der Waals surface area contributed by atoms with E-state index in [1.54, 1.807) is 6.92 Å². The van der Waals surface area contributed by atoms with Crippen LogP contribution in [0.1, 0.15) is 26.3 Å². The summed E-state index contributed by atoms with van der Waals surface area (Å²) in [6, 6.07) is 14.6. The third kappa shape index (κ3) is 6.68. The smallest absolute Gasteiger partial charge is 0.261 e. The molecule has 5 nitrogen and oxygen atoms in total. The molecule has 150 valence electrons. The van der Waals surface area contributed by atoms with Gasteiger partial charge in [-0.3, -0.25) is 9.59 Å². The van der Waals surface area contributed by atoms with Crippen LogP contribution in [0.5, 0.6) is 5.75 Å². The van der Waals surface area contributed by atoms with Gasteiger partial charge in [0, 0.05) is 12.6 Å². The number of benzene rings is 2. The fourth-order valence-electron chi connectivity index (χ4n) is 2.73. The van der Waals surface area contributed by atoms with Gasteiger partial charge in [0.25, 0.3) is 5.91 Å². The molecule has 1 unspecified atom stereocenters. The monoisotopic (exact) mass is 386 g/mol. The van der Waals surface area contributed by atoms with Crippen molar-refractivity contribution in [2.24, 2.45) is 0 Å². The highest BCUT2D eigenvalue weighted by molar-refractivity contribution is 5.88. The first-order valence-corrected chi connectivity index (χ1v) is 9.39. The van der Waals surface area contributed by atoms with Gasteiger partial charge in [-0.05, 0) is 57.0 Å². The first kappa shape index (κ1) is 21.4. The number of ether oxygens (including phenoxy) is 1. The molecule has 0 aliphatic heterocycles. The summed E-state index contributed by atoms with van der Waals surface area (Å²) in [6.45, 7) is 5.62. The molecule has 1 atom stereocenters. The van der Waals surface area contributed by atoms with Gasteiger partial charge in [-0.15, -0.1) is 0 Å². The molecule has 2 aromatic carbocycles. The average molecular weight is 386 g/mol. The predicted molar refractivity (Wildman–Crippen MR) is 106 cm³/mol. The fourth-order valence-corrected chi connectivity index (χ4v) is 2.73. The lowest BCUT2D eigenvalue weighted by atomic mass is 10.1. The Balaban J connectivity index is 2.05. The molecule has 0 saturated heterocycles. The van der Waals surface area contributed by atoms with Crippen molar-refractivity contribution < 1.29 is 18.7 Å². The van der Waals surface area contributed by atoms with Crippen LogP contribution in [-0.4, -0.2) is 41.9 Å². The van der Waals surface area contributed by atoms with Gasteiger partial charge in [0.1, 0.15) is 17.6 Å². The summed E-state index contributed by atoms with van der Waals surface area (Å²) < 4.78 is 18.5. The van der Waals surface area contributed by atoms with Crippen LogP contribution in [0.15, 0.2) is 54.6 Å². The summed E-state index contributed by atoms with van der Waals surface area (Å²) in [6.07, 6.45) is 0.627. The fraction of sp³-hybridized carbons (Fsp3) is 0.364. The van der Waals surface area contributed by atoms with E-state index in [0.717, 1.165) is 5.56 Å². The molecule has 0 fully saturated rings. The molecule has 0 saturated carbocycles. The molecule has 2 rings (SSSR count). The Bertz CT molecular complexity index is 763. The molecule has 2 amide bonds. The van der Waals surface area contributed by atoms with Crippen LogP contribution in [0.2, 0.25) is 0 Å². The minimum absolute atomic E-state index is 0.0171. The van der Waals surface area contributed by atoms with E-state index < -0.39 is 6.04 Å². The summed E-state index contributed by atoms with van der Waals surface area (Å²) in [5, 5.41) is 2.84. The number of nitrogens with one attached hydrogen (secondary N) is 1. The molecule has 0 heterocycles. The van der Waals surface area contributed by atoms with Crippen LogP contribution < -0.4 is 10.1 Å². The van der Waals surface area contributed by atoms with Crippen molar-refractivity contribution in [3.63, 3.8) is 0 Å². The van der Waals surface area contributed by atoms with Gasteiger partial charge in [0.05, 0.1) is 0 Å². The number of hydrogen-bond acceptors (Lipinski definition) is 3. The van der Waals surface area contributed by atoms with Gasteiger partial charge in [-0.2, -0.15) is 0 Å². The molecule has 28 heavy (non-hydrogen) atoms. The first-order valence-electron chi connectivity index (χ1n) is 9.39. The number of rotatable bonds is 9. The Morgan fingerprint density at radius 3 is 2.29 bits per heavy atom. The van der Waals surface area contributed by atoms with Crippen molar-refractivity contribution in [2.45, 2.75) is 39.3 Å². The molecule has 0 bridgehead atoms.